The van der Waals surface area contributed by atoms with Gasteiger partial charge in [0.15, 0.2) is 8.32 Å². The molecule has 0 N–H and O–H groups in total. The van der Waals surface area contributed by atoms with Gasteiger partial charge in [0, 0.05) is 12.0 Å². The third-order valence-corrected chi connectivity index (χ3v) is 10.2. The molecule has 0 fully saturated rings. The minimum atomic E-state index is -1.76. The quantitative estimate of drug-likeness (QED) is 0.469. The van der Waals surface area contributed by atoms with Crippen LogP contribution in [0.3, 0.4) is 0 Å². The van der Waals surface area contributed by atoms with Crippen LogP contribution in [-0.2, 0) is 9.22 Å². The Morgan fingerprint density at radius 2 is 1.39 bits per heavy atom. The van der Waals surface area contributed by atoms with E-state index in [9.17, 15) is 4.79 Å². The molecule has 0 atom stereocenters. The van der Waals surface area contributed by atoms with E-state index in [-0.39, 0.29) is 5.41 Å². The highest BCUT2D eigenvalue weighted by molar-refractivity contribution is 6.77. The second-order valence-electron chi connectivity index (χ2n) is 7.02. The maximum Gasteiger partial charge on any atom is 0.200 e. The maximum absolute atomic E-state index is 10.9. The van der Waals surface area contributed by atoms with Crippen LogP contribution < -0.4 is 0 Å². The topological polar surface area (TPSA) is 26.3 Å². The number of carbonyl (C=O) groups excluding carboxylic acids is 1. The first-order chi connectivity index (χ1) is 8.10. The van der Waals surface area contributed by atoms with E-state index in [2.05, 4.69) is 41.5 Å². The lowest BCUT2D eigenvalue weighted by atomic mass is 9.92. The predicted octanol–water partition coefficient (Wildman–Crippen LogP) is 4.79. The van der Waals surface area contributed by atoms with Crippen LogP contribution in [0.25, 0.3) is 0 Å². The van der Waals surface area contributed by atoms with Crippen LogP contribution in [0.2, 0.25) is 16.6 Å². The lowest BCUT2D eigenvalue weighted by molar-refractivity contribution is -0.115. The molecule has 0 aromatic rings. The van der Waals surface area contributed by atoms with Crippen molar-refractivity contribution in [1.82, 2.24) is 0 Å². The molecule has 0 aliphatic rings. The van der Waals surface area contributed by atoms with Gasteiger partial charge < -0.3 is 9.22 Å². The molecule has 0 aromatic carbocycles. The fourth-order valence-corrected chi connectivity index (χ4v) is 8.51. The Kier molecular flexibility index (Phi) is 6.79. The van der Waals surface area contributed by atoms with Crippen LogP contribution in [0.1, 0.15) is 61.8 Å². The summed E-state index contributed by atoms with van der Waals surface area (Å²) < 4.78 is 6.43. The standard InChI is InChI=1S/C15H32O2Si/c1-12(2)18(13(3)4,14(5)6)17-10-9-15(7,8)11-16/h11-14H,9-10H2,1-8H3. The van der Waals surface area contributed by atoms with Crippen molar-refractivity contribution in [2.24, 2.45) is 5.41 Å². The molecule has 0 unspecified atom stereocenters. The van der Waals surface area contributed by atoms with E-state index in [0.717, 1.165) is 12.7 Å². The van der Waals surface area contributed by atoms with Crippen molar-refractivity contribution in [3.05, 3.63) is 0 Å². The zero-order valence-corrected chi connectivity index (χ0v) is 14.5. The molecule has 0 spiro atoms. The van der Waals surface area contributed by atoms with Crippen LogP contribution >= 0.6 is 0 Å². The summed E-state index contributed by atoms with van der Waals surface area (Å²) in [6.07, 6.45) is 1.86. The third-order valence-electron chi connectivity index (χ3n) is 4.12. The van der Waals surface area contributed by atoms with Crippen LogP contribution in [-0.4, -0.2) is 21.2 Å². The van der Waals surface area contributed by atoms with Gasteiger partial charge in [-0.3, -0.25) is 0 Å². The molecule has 0 aliphatic carbocycles. The molecule has 0 heterocycles. The van der Waals surface area contributed by atoms with E-state index in [1.807, 2.05) is 13.8 Å². The number of hydrogen-bond acceptors (Lipinski definition) is 2. The normalized spacial score (nSPS) is 13.7. The van der Waals surface area contributed by atoms with E-state index >= 15 is 0 Å². The Labute approximate surface area is 115 Å². The molecule has 3 heteroatoms. The Morgan fingerprint density at radius 1 is 1.00 bits per heavy atom. The summed E-state index contributed by atoms with van der Waals surface area (Å²) in [5.41, 5.74) is 1.57. The minimum absolute atomic E-state index is 0.259. The molecule has 0 aromatic heterocycles. The van der Waals surface area contributed by atoms with E-state index in [1.54, 1.807) is 0 Å². The zero-order valence-electron chi connectivity index (χ0n) is 13.5. The van der Waals surface area contributed by atoms with Gasteiger partial charge in [-0.2, -0.15) is 0 Å². The first-order valence-corrected chi connectivity index (χ1v) is 9.34. The van der Waals surface area contributed by atoms with Crippen LogP contribution in [0.4, 0.5) is 0 Å². The number of rotatable bonds is 8. The van der Waals surface area contributed by atoms with E-state index in [1.165, 1.54) is 0 Å². The summed E-state index contributed by atoms with van der Waals surface area (Å²) >= 11 is 0. The molecule has 0 amide bonds. The van der Waals surface area contributed by atoms with Gasteiger partial charge in [-0.05, 0) is 23.0 Å². The smallest absolute Gasteiger partial charge is 0.200 e. The van der Waals surface area contributed by atoms with Gasteiger partial charge in [0.1, 0.15) is 6.29 Å². The van der Waals surface area contributed by atoms with Gasteiger partial charge in [0.05, 0.1) is 0 Å². The maximum atomic E-state index is 10.9. The fraction of sp³-hybridized carbons (Fsp3) is 0.933. The van der Waals surface area contributed by atoms with Crippen molar-refractivity contribution < 1.29 is 9.22 Å². The fourth-order valence-electron chi connectivity index (χ4n) is 3.05. The second kappa shape index (κ2) is 6.85. The average molecular weight is 273 g/mol. The van der Waals surface area contributed by atoms with Gasteiger partial charge >= 0.3 is 0 Å². The molecule has 108 valence electrons. The number of carbonyl (C=O) groups is 1. The molecule has 0 rings (SSSR count). The summed E-state index contributed by atoms with van der Waals surface area (Å²) in [7, 11) is -1.76. The molecule has 2 nitrogen and oxygen atoms in total. The van der Waals surface area contributed by atoms with Crippen molar-refractivity contribution in [3.63, 3.8) is 0 Å². The van der Waals surface area contributed by atoms with Crippen molar-refractivity contribution in [2.45, 2.75) is 78.4 Å². The molecular weight excluding hydrogens is 240 g/mol. The largest absolute Gasteiger partial charge is 0.416 e. The molecular formula is C15H32O2Si. The lowest BCUT2D eigenvalue weighted by Crippen LogP contribution is -2.48. The van der Waals surface area contributed by atoms with E-state index in [0.29, 0.717) is 23.2 Å². The zero-order chi connectivity index (χ0) is 14.6. The molecule has 0 radical (unpaired) electrons. The monoisotopic (exact) mass is 272 g/mol. The average Bonchev–Trinajstić information content (AvgIpc) is 2.22. The van der Waals surface area contributed by atoms with Crippen LogP contribution in [0.5, 0.6) is 0 Å². The summed E-state index contributed by atoms with van der Waals surface area (Å²) in [4.78, 5) is 10.9. The van der Waals surface area contributed by atoms with Crippen molar-refractivity contribution in [3.8, 4) is 0 Å². The first kappa shape index (κ1) is 17.8. The van der Waals surface area contributed by atoms with Crippen LogP contribution in [0.15, 0.2) is 0 Å². The van der Waals surface area contributed by atoms with Crippen LogP contribution in [0, 0.1) is 5.41 Å². The van der Waals surface area contributed by atoms with Gasteiger partial charge in [0.2, 0.25) is 0 Å². The first-order valence-electron chi connectivity index (χ1n) is 7.20. The van der Waals surface area contributed by atoms with Crippen molar-refractivity contribution >= 4 is 14.6 Å². The Hall–Kier alpha value is -0.153. The highest BCUT2D eigenvalue weighted by Gasteiger charge is 2.45. The SMILES string of the molecule is CC(C)[Si](OCCC(C)(C)C=O)(C(C)C)C(C)C. The molecule has 18 heavy (non-hydrogen) atoms. The lowest BCUT2D eigenvalue weighted by Gasteiger charge is -2.42. The second-order valence-corrected chi connectivity index (χ2v) is 12.5. The Bertz CT molecular complexity index is 235. The summed E-state index contributed by atoms with van der Waals surface area (Å²) in [6.45, 7) is 18.4. The summed E-state index contributed by atoms with van der Waals surface area (Å²) in [5.74, 6) is 0. The van der Waals surface area contributed by atoms with Gasteiger partial charge in [-0.1, -0.05) is 55.4 Å². The predicted molar refractivity (Wildman–Crippen MR) is 81.5 cm³/mol. The number of aldehydes is 1. The Morgan fingerprint density at radius 3 is 1.67 bits per heavy atom. The number of hydrogen-bond donors (Lipinski definition) is 0. The highest BCUT2D eigenvalue weighted by Crippen LogP contribution is 2.42. The summed E-state index contributed by atoms with van der Waals surface area (Å²) in [5, 5.41) is 0. The van der Waals surface area contributed by atoms with Gasteiger partial charge in [-0.25, -0.2) is 0 Å². The van der Waals surface area contributed by atoms with Crippen molar-refractivity contribution in [2.75, 3.05) is 6.61 Å². The Balaban J connectivity index is 4.77. The summed E-state index contributed by atoms with van der Waals surface area (Å²) in [6, 6.07) is 0. The molecule has 0 saturated carbocycles. The van der Waals surface area contributed by atoms with E-state index in [4.69, 9.17) is 4.43 Å². The minimum Gasteiger partial charge on any atom is -0.416 e. The highest BCUT2D eigenvalue weighted by atomic mass is 28.4. The van der Waals surface area contributed by atoms with Crippen molar-refractivity contribution in [1.29, 1.82) is 0 Å². The van der Waals surface area contributed by atoms with Gasteiger partial charge in [-0.15, -0.1) is 0 Å². The third kappa shape index (κ3) is 4.20. The molecule has 0 aliphatic heterocycles. The molecule has 0 saturated heterocycles. The van der Waals surface area contributed by atoms with Gasteiger partial charge in [0.25, 0.3) is 0 Å². The molecule has 0 bridgehead atoms. The van der Waals surface area contributed by atoms with E-state index < -0.39 is 8.32 Å².